The van der Waals surface area contributed by atoms with Crippen LogP contribution in [0.3, 0.4) is 0 Å². The third kappa shape index (κ3) is 7.57. The molecule has 0 radical (unpaired) electrons. The summed E-state index contributed by atoms with van der Waals surface area (Å²) in [4.78, 5) is 0. The van der Waals surface area contributed by atoms with Crippen molar-refractivity contribution in [2.24, 2.45) is 0 Å². The second-order valence-corrected chi connectivity index (χ2v) is 3.79. The smallest absolute Gasteiger partial charge is 0.0254 e. The summed E-state index contributed by atoms with van der Waals surface area (Å²) < 4.78 is 0. The van der Waals surface area contributed by atoms with E-state index in [-0.39, 0.29) is 0 Å². The molecule has 94 valence electrons. The van der Waals surface area contributed by atoms with Crippen molar-refractivity contribution in [2.45, 2.75) is 46.5 Å². The van der Waals surface area contributed by atoms with Gasteiger partial charge in [-0.1, -0.05) is 82.7 Å². The summed E-state index contributed by atoms with van der Waals surface area (Å²) in [6, 6.07) is 10.4. The molecule has 0 bridgehead atoms. The highest BCUT2D eigenvalue weighted by Gasteiger charge is 1.93. The van der Waals surface area contributed by atoms with Gasteiger partial charge in [-0.05, 0) is 24.0 Å². The minimum atomic E-state index is 1.15. The monoisotopic (exact) mass is 230 g/mol. The Hall–Kier alpha value is -1.30. The zero-order valence-electron chi connectivity index (χ0n) is 11.6. The maximum atomic E-state index is 3.87. The van der Waals surface area contributed by atoms with Crippen molar-refractivity contribution < 1.29 is 0 Å². The molecule has 1 rings (SSSR count). The molecule has 0 saturated carbocycles. The highest BCUT2D eigenvalue weighted by atomic mass is 14.0. The van der Waals surface area contributed by atoms with Crippen LogP contribution in [0.1, 0.15) is 52.0 Å². The first-order chi connectivity index (χ1) is 8.36. The third-order valence-corrected chi connectivity index (χ3v) is 2.48. The predicted octanol–water partition coefficient (Wildman–Crippen LogP) is 5.86. The SMILES string of the molecule is C=C/C(=C/c1ccccc1)CCCCC.CC. The van der Waals surface area contributed by atoms with E-state index in [1.807, 2.05) is 26.0 Å². The van der Waals surface area contributed by atoms with Gasteiger partial charge in [-0.2, -0.15) is 0 Å². The zero-order valence-corrected chi connectivity index (χ0v) is 11.6. The Morgan fingerprint density at radius 2 is 1.76 bits per heavy atom. The summed E-state index contributed by atoms with van der Waals surface area (Å²) in [5, 5.41) is 0. The Balaban J connectivity index is 0.00000121. The summed E-state index contributed by atoms with van der Waals surface area (Å²) in [6.07, 6.45) is 9.19. The van der Waals surface area contributed by atoms with Gasteiger partial charge in [-0.15, -0.1) is 0 Å². The summed E-state index contributed by atoms with van der Waals surface area (Å²) in [6.45, 7) is 10.1. The normalized spacial score (nSPS) is 10.4. The highest BCUT2D eigenvalue weighted by molar-refractivity contribution is 5.55. The molecule has 0 atom stereocenters. The lowest BCUT2D eigenvalue weighted by atomic mass is 10.0. The maximum Gasteiger partial charge on any atom is -0.0254 e. The average molecular weight is 230 g/mol. The lowest BCUT2D eigenvalue weighted by molar-refractivity contribution is 0.721. The minimum Gasteiger partial charge on any atom is -0.0988 e. The van der Waals surface area contributed by atoms with Gasteiger partial charge >= 0.3 is 0 Å². The van der Waals surface area contributed by atoms with Crippen LogP contribution in [-0.4, -0.2) is 0 Å². The van der Waals surface area contributed by atoms with E-state index in [1.54, 1.807) is 0 Å². The fourth-order valence-electron chi connectivity index (χ4n) is 1.58. The molecular formula is C17H26. The Labute approximate surface area is 107 Å². The molecular weight excluding hydrogens is 204 g/mol. The lowest BCUT2D eigenvalue weighted by Crippen LogP contribution is -1.81. The molecule has 0 amide bonds. The standard InChI is InChI=1S/C15H20.C2H6/c1-3-5-7-10-14(4-2)13-15-11-8-6-9-12-15;1-2/h4,6,8-9,11-13H,2-3,5,7,10H2,1H3;1-2H3/b14-13-;. The quantitative estimate of drug-likeness (QED) is 0.424. The molecule has 0 aromatic heterocycles. The van der Waals surface area contributed by atoms with Crippen LogP contribution >= 0.6 is 0 Å². The van der Waals surface area contributed by atoms with Crippen molar-refractivity contribution in [1.82, 2.24) is 0 Å². The topological polar surface area (TPSA) is 0 Å². The van der Waals surface area contributed by atoms with Crippen molar-refractivity contribution in [3.63, 3.8) is 0 Å². The molecule has 1 aromatic carbocycles. The molecule has 0 aliphatic carbocycles. The zero-order chi connectivity index (χ0) is 12.9. The predicted molar refractivity (Wildman–Crippen MR) is 80.1 cm³/mol. The summed E-state index contributed by atoms with van der Waals surface area (Å²) in [7, 11) is 0. The van der Waals surface area contributed by atoms with Gasteiger partial charge in [0.25, 0.3) is 0 Å². The molecule has 0 aliphatic heterocycles. The van der Waals surface area contributed by atoms with Crippen molar-refractivity contribution in [3.05, 3.63) is 54.1 Å². The number of unbranched alkanes of at least 4 members (excludes halogenated alkanes) is 2. The number of rotatable bonds is 6. The van der Waals surface area contributed by atoms with Crippen molar-refractivity contribution in [3.8, 4) is 0 Å². The van der Waals surface area contributed by atoms with E-state index in [4.69, 9.17) is 0 Å². The second kappa shape index (κ2) is 11.2. The van der Waals surface area contributed by atoms with Crippen LogP contribution in [0.2, 0.25) is 0 Å². The van der Waals surface area contributed by atoms with Crippen LogP contribution in [0.25, 0.3) is 6.08 Å². The van der Waals surface area contributed by atoms with E-state index in [1.165, 1.54) is 30.4 Å². The number of benzene rings is 1. The molecule has 17 heavy (non-hydrogen) atoms. The van der Waals surface area contributed by atoms with E-state index in [0.29, 0.717) is 0 Å². The second-order valence-electron chi connectivity index (χ2n) is 3.79. The van der Waals surface area contributed by atoms with E-state index in [9.17, 15) is 0 Å². The van der Waals surface area contributed by atoms with Crippen molar-refractivity contribution >= 4 is 6.08 Å². The Morgan fingerprint density at radius 3 is 2.29 bits per heavy atom. The van der Waals surface area contributed by atoms with Crippen LogP contribution < -0.4 is 0 Å². The first-order valence-electron chi connectivity index (χ1n) is 6.75. The first kappa shape index (κ1) is 15.7. The summed E-state index contributed by atoms with van der Waals surface area (Å²) in [5.41, 5.74) is 2.61. The molecule has 0 fully saturated rings. The average Bonchev–Trinajstić information content (AvgIpc) is 2.41. The maximum absolute atomic E-state index is 3.87. The van der Waals surface area contributed by atoms with E-state index >= 15 is 0 Å². The van der Waals surface area contributed by atoms with Gasteiger partial charge in [0.1, 0.15) is 0 Å². The molecule has 1 aromatic rings. The van der Waals surface area contributed by atoms with Gasteiger partial charge in [-0.25, -0.2) is 0 Å². The van der Waals surface area contributed by atoms with Crippen LogP contribution in [-0.2, 0) is 0 Å². The van der Waals surface area contributed by atoms with Crippen LogP contribution in [0, 0.1) is 0 Å². The highest BCUT2D eigenvalue weighted by Crippen LogP contribution is 2.14. The van der Waals surface area contributed by atoms with Gasteiger partial charge < -0.3 is 0 Å². The van der Waals surface area contributed by atoms with Gasteiger partial charge in [0.05, 0.1) is 0 Å². The molecule has 0 nitrogen and oxygen atoms in total. The largest absolute Gasteiger partial charge is 0.0988 e. The lowest BCUT2D eigenvalue weighted by Gasteiger charge is -2.01. The van der Waals surface area contributed by atoms with E-state index in [2.05, 4.69) is 43.8 Å². The van der Waals surface area contributed by atoms with Crippen LogP contribution in [0.5, 0.6) is 0 Å². The number of hydrogen-bond donors (Lipinski definition) is 0. The fraction of sp³-hybridized carbons (Fsp3) is 0.412. The molecule has 0 heteroatoms. The fourth-order valence-corrected chi connectivity index (χ4v) is 1.58. The van der Waals surface area contributed by atoms with Gasteiger partial charge in [0.2, 0.25) is 0 Å². The van der Waals surface area contributed by atoms with E-state index in [0.717, 1.165) is 6.42 Å². The van der Waals surface area contributed by atoms with Crippen molar-refractivity contribution in [2.75, 3.05) is 0 Å². The van der Waals surface area contributed by atoms with E-state index < -0.39 is 0 Å². The minimum absolute atomic E-state index is 1.15. The van der Waals surface area contributed by atoms with Gasteiger partial charge in [-0.3, -0.25) is 0 Å². The Kier molecular flexibility index (Phi) is 10.3. The van der Waals surface area contributed by atoms with Crippen LogP contribution in [0.4, 0.5) is 0 Å². The summed E-state index contributed by atoms with van der Waals surface area (Å²) >= 11 is 0. The van der Waals surface area contributed by atoms with Crippen LogP contribution in [0.15, 0.2) is 48.6 Å². The third-order valence-electron chi connectivity index (χ3n) is 2.48. The molecule has 0 saturated heterocycles. The van der Waals surface area contributed by atoms with Crippen molar-refractivity contribution in [1.29, 1.82) is 0 Å². The van der Waals surface area contributed by atoms with Gasteiger partial charge in [0, 0.05) is 0 Å². The molecule has 0 spiro atoms. The number of allylic oxidation sites excluding steroid dienone is 2. The molecule has 0 N–H and O–H groups in total. The molecule has 0 unspecified atom stereocenters. The molecule has 0 aliphatic rings. The summed E-state index contributed by atoms with van der Waals surface area (Å²) in [5.74, 6) is 0. The Morgan fingerprint density at radius 1 is 1.12 bits per heavy atom. The number of hydrogen-bond acceptors (Lipinski definition) is 0. The molecule has 0 heterocycles. The Bertz CT molecular complexity index is 306. The first-order valence-corrected chi connectivity index (χ1v) is 6.75. The van der Waals surface area contributed by atoms with Gasteiger partial charge in [0.15, 0.2) is 0 Å².